The van der Waals surface area contributed by atoms with E-state index < -0.39 is 0 Å². The van der Waals surface area contributed by atoms with E-state index in [1.165, 1.54) is 0 Å². The van der Waals surface area contributed by atoms with Crippen molar-refractivity contribution < 1.29 is 9.59 Å². The number of aromatic nitrogens is 1. The number of hydrogen-bond donors (Lipinski definition) is 1. The van der Waals surface area contributed by atoms with Crippen LogP contribution in [0.5, 0.6) is 0 Å². The average Bonchev–Trinajstić information content (AvgIpc) is 3.13. The van der Waals surface area contributed by atoms with Crippen molar-refractivity contribution in [2.75, 3.05) is 26.2 Å². The Morgan fingerprint density at radius 3 is 2.86 bits per heavy atom. The van der Waals surface area contributed by atoms with Gasteiger partial charge < -0.3 is 15.1 Å². The summed E-state index contributed by atoms with van der Waals surface area (Å²) in [7, 11) is 0. The number of nitrogens with one attached hydrogen (secondary N) is 1. The first-order valence-corrected chi connectivity index (χ1v) is 9.51. The van der Waals surface area contributed by atoms with E-state index in [0.717, 1.165) is 37.2 Å². The molecule has 1 unspecified atom stereocenters. The highest BCUT2D eigenvalue weighted by atomic mass is 35.5. The molecule has 2 amide bonds. The third kappa shape index (κ3) is 4.34. The molecule has 28 heavy (non-hydrogen) atoms. The molecule has 1 atom stereocenters. The highest BCUT2D eigenvalue weighted by Gasteiger charge is 2.29. The molecule has 1 N–H and O–H groups in total. The molecule has 7 heteroatoms. The molecule has 2 aliphatic heterocycles. The maximum Gasteiger partial charge on any atom is 0.254 e. The van der Waals surface area contributed by atoms with Gasteiger partial charge in [-0.3, -0.25) is 14.6 Å². The molecule has 0 bridgehead atoms. The number of likely N-dealkylation sites (tertiary alicyclic amines) is 1. The van der Waals surface area contributed by atoms with Gasteiger partial charge in [0.2, 0.25) is 5.91 Å². The lowest BCUT2D eigenvalue weighted by molar-refractivity contribution is -0.128. The normalized spacial score (nSPS) is 19.4. The highest BCUT2D eigenvalue weighted by molar-refractivity contribution is 5.94. The number of amides is 2. The van der Waals surface area contributed by atoms with Crippen molar-refractivity contribution in [3.05, 3.63) is 65.5 Å². The molecule has 1 aromatic heterocycles. The van der Waals surface area contributed by atoms with E-state index in [4.69, 9.17) is 0 Å². The number of nitrogens with zero attached hydrogens (tertiary/aromatic N) is 3. The van der Waals surface area contributed by atoms with Gasteiger partial charge in [-0.25, -0.2) is 0 Å². The summed E-state index contributed by atoms with van der Waals surface area (Å²) in [6.07, 6.45) is 5.12. The maximum atomic E-state index is 13.2. The van der Waals surface area contributed by atoms with E-state index in [0.29, 0.717) is 25.1 Å². The summed E-state index contributed by atoms with van der Waals surface area (Å²) in [5, 5.41) is 3.37. The first-order valence-electron chi connectivity index (χ1n) is 9.51. The molecule has 2 fully saturated rings. The van der Waals surface area contributed by atoms with Crippen molar-refractivity contribution in [2.45, 2.75) is 25.4 Å². The molecule has 3 heterocycles. The molecular weight excluding hydrogens is 376 g/mol. The molecule has 6 nitrogen and oxygen atoms in total. The van der Waals surface area contributed by atoms with E-state index in [-0.39, 0.29) is 30.3 Å². The van der Waals surface area contributed by atoms with Crippen molar-refractivity contribution in [1.29, 1.82) is 0 Å². The standard InChI is InChI=1S/C21H24N4O2.ClH/c26-20-7-3-10-24(20)15-16-4-1-5-17(12-16)21(27)25-11-9-23-14-19(25)18-6-2-8-22-13-18;/h1-2,4-6,8,12-13,19,23H,3,7,9-11,14-15H2;1H. The van der Waals surface area contributed by atoms with Gasteiger partial charge in [-0.05, 0) is 35.7 Å². The number of halogens is 1. The molecule has 0 saturated carbocycles. The van der Waals surface area contributed by atoms with Gasteiger partial charge in [-0.2, -0.15) is 0 Å². The van der Waals surface area contributed by atoms with Gasteiger partial charge >= 0.3 is 0 Å². The van der Waals surface area contributed by atoms with Crippen molar-refractivity contribution in [3.8, 4) is 0 Å². The number of hydrogen-bond acceptors (Lipinski definition) is 4. The lowest BCUT2D eigenvalue weighted by Gasteiger charge is -2.36. The molecule has 2 aromatic rings. The Bertz CT molecular complexity index is 830. The van der Waals surface area contributed by atoms with E-state index in [2.05, 4.69) is 10.3 Å². The fourth-order valence-electron chi connectivity index (χ4n) is 3.88. The van der Waals surface area contributed by atoms with Gasteiger partial charge in [-0.1, -0.05) is 18.2 Å². The van der Waals surface area contributed by atoms with Crippen LogP contribution in [-0.4, -0.2) is 52.8 Å². The monoisotopic (exact) mass is 400 g/mol. The second kappa shape index (κ2) is 9.17. The highest BCUT2D eigenvalue weighted by Crippen LogP contribution is 2.24. The van der Waals surface area contributed by atoms with E-state index in [1.54, 1.807) is 6.20 Å². The van der Waals surface area contributed by atoms with Gasteiger partial charge in [0, 0.05) is 57.1 Å². The van der Waals surface area contributed by atoms with Crippen LogP contribution in [0.3, 0.4) is 0 Å². The third-order valence-corrected chi connectivity index (χ3v) is 5.29. The van der Waals surface area contributed by atoms with Crippen LogP contribution in [0.25, 0.3) is 0 Å². The van der Waals surface area contributed by atoms with E-state index in [9.17, 15) is 9.59 Å². The third-order valence-electron chi connectivity index (χ3n) is 5.29. The minimum Gasteiger partial charge on any atom is -0.338 e. The lowest BCUT2D eigenvalue weighted by Crippen LogP contribution is -2.48. The van der Waals surface area contributed by atoms with Crippen molar-refractivity contribution in [1.82, 2.24) is 20.1 Å². The van der Waals surface area contributed by atoms with Gasteiger partial charge in [0.05, 0.1) is 6.04 Å². The van der Waals surface area contributed by atoms with Crippen LogP contribution in [0, 0.1) is 0 Å². The van der Waals surface area contributed by atoms with Crippen LogP contribution in [0.2, 0.25) is 0 Å². The van der Waals surface area contributed by atoms with E-state index in [1.807, 2.05) is 52.4 Å². The molecular formula is C21H25ClN4O2. The van der Waals surface area contributed by atoms with Gasteiger partial charge in [-0.15, -0.1) is 12.4 Å². The van der Waals surface area contributed by atoms with Crippen molar-refractivity contribution in [2.24, 2.45) is 0 Å². The van der Waals surface area contributed by atoms with Crippen molar-refractivity contribution >= 4 is 24.2 Å². The van der Waals surface area contributed by atoms with Crippen LogP contribution in [0.15, 0.2) is 48.8 Å². The topological polar surface area (TPSA) is 65.5 Å². The first-order chi connectivity index (χ1) is 13.2. The summed E-state index contributed by atoms with van der Waals surface area (Å²) in [4.78, 5) is 33.1. The summed E-state index contributed by atoms with van der Waals surface area (Å²) in [6.45, 7) is 3.54. The fourth-order valence-corrected chi connectivity index (χ4v) is 3.88. The Labute approximate surface area is 171 Å². The number of carbonyl (C=O) groups is 2. The number of benzene rings is 1. The lowest BCUT2D eigenvalue weighted by atomic mass is 10.0. The SMILES string of the molecule is Cl.O=C1CCCN1Cc1cccc(C(=O)N2CCNCC2c2cccnc2)c1. The minimum absolute atomic E-state index is 0. The zero-order valence-electron chi connectivity index (χ0n) is 15.7. The summed E-state index contributed by atoms with van der Waals surface area (Å²) in [6, 6.07) is 11.6. The molecule has 0 aliphatic carbocycles. The molecule has 1 aromatic carbocycles. The summed E-state index contributed by atoms with van der Waals surface area (Å²) in [5.41, 5.74) is 2.72. The Morgan fingerprint density at radius 2 is 2.11 bits per heavy atom. The van der Waals surface area contributed by atoms with Crippen LogP contribution in [-0.2, 0) is 11.3 Å². The second-order valence-electron chi connectivity index (χ2n) is 7.12. The number of rotatable bonds is 4. The number of carbonyl (C=O) groups excluding carboxylic acids is 2. The summed E-state index contributed by atoms with van der Waals surface area (Å²) < 4.78 is 0. The Kier molecular flexibility index (Phi) is 6.65. The maximum absolute atomic E-state index is 13.2. The molecule has 0 spiro atoms. The Balaban J connectivity index is 0.00000225. The van der Waals surface area contributed by atoms with Gasteiger partial charge in [0.1, 0.15) is 0 Å². The van der Waals surface area contributed by atoms with Crippen LogP contribution >= 0.6 is 12.4 Å². The molecule has 0 radical (unpaired) electrons. The predicted molar refractivity (Wildman–Crippen MR) is 109 cm³/mol. The molecule has 2 aliphatic rings. The Hall–Kier alpha value is -2.44. The molecule has 4 rings (SSSR count). The Morgan fingerprint density at radius 1 is 1.21 bits per heavy atom. The van der Waals surface area contributed by atoms with Crippen LogP contribution < -0.4 is 5.32 Å². The summed E-state index contributed by atoms with van der Waals surface area (Å²) in [5.74, 6) is 0.227. The van der Waals surface area contributed by atoms with Crippen LogP contribution in [0.1, 0.15) is 40.4 Å². The average molecular weight is 401 g/mol. The zero-order valence-corrected chi connectivity index (χ0v) is 16.5. The largest absolute Gasteiger partial charge is 0.338 e. The minimum atomic E-state index is -0.0243. The second-order valence-corrected chi connectivity index (χ2v) is 7.12. The molecule has 2 saturated heterocycles. The predicted octanol–water partition coefficient (Wildman–Crippen LogP) is 2.41. The zero-order chi connectivity index (χ0) is 18.6. The van der Waals surface area contributed by atoms with Crippen molar-refractivity contribution in [3.63, 3.8) is 0 Å². The smallest absolute Gasteiger partial charge is 0.254 e. The van der Waals surface area contributed by atoms with Gasteiger partial charge in [0.25, 0.3) is 5.91 Å². The van der Waals surface area contributed by atoms with E-state index >= 15 is 0 Å². The molecule has 148 valence electrons. The summed E-state index contributed by atoms with van der Waals surface area (Å²) >= 11 is 0. The van der Waals surface area contributed by atoms with Gasteiger partial charge in [0.15, 0.2) is 0 Å². The number of piperazine rings is 1. The first kappa shape index (κ1) is 20.3. The fraction of sp³-hybridized carbons (Fsp3) is 0.381. The quantitative estimate of drug-likeness (QED) is 0.855. The van der Waals surface area contributed by atoms with Crippen LogP contribution in [0.4, 0.5) is 0 Å². The number of pyridine rings is 1.